The summed E-state index contributed by atoms with van der Waals surface area (Å²) in [6, 6.07) is 21.4. The van der Waals surface area contributed by atoms with E-state index in [1.165, 1.54) is 48.5 Å². The van der Waals surface area contributed by atoms with Crippen LogP contribution in [0, 0.1) is 0 Å². The number of carbonyl (C=O) groups is 2. The molecular weight excluding hydrogens is 606 g/mol. The van der Waals surface area contributed by atoms with Gasteiger partial charge in [0.2, 0.25) is 0 Å². The monoisotopic (exact) mass is 632 g/mol. The minimum absolute atomic E-state index is 0.0415. The standard InChI is InChI=1S/C32H26F6N2O5/c33-31(34,35)21-7-5-9-23(19-21)39-27-13-3-1-11-25(27)29(41)44-17-15-43-16-18-45-30(42)26-12-2-4-14-28(26)40-24-10-6-8-22(20-24)32(36,37)38/h1-14,19-20,39-40H,15-18H2. The highest BCUT2D eigenvalue weighted by molar-refractivity contribution is 5.97. The molecule has 0 aromatic heterocycles. The van der Waals surface area contributed by atoms with E-state index in [1.807, 2.05) is 0 Å². The van der Waals surface area contributed by atoms with Crippen molar-refractivity contribution in [3.8, 4) is 0 Å². The van der Waals surface area contributed by atoms with Crippen LogP contribution in [-0.4, -0.2) is 38.4 Å². The summed E-state index contributed by atoms with van der Waals surface area (Å²) < 4.78 is 94.0. The summed E-state index contributed by atoms with van der Waals surface area (Å²) in [5, 5.41) is 5.61. The molecule has 0 saturated carbocycles. The van der Waals surface area contributed by atoms with Gasteiger partial charge in [0.05, 0.1) is 46.8 Å². The summed E-state index contributed by atoms with van der Waals surface area (Å²) in [4.78, 5) is 25.2. The lowest BCUT2D eigenvalue weighted by molar-refractivity contribution is -0.138. The minimum Gasteiger partial charge on any atom is -0.460 e. The van der Waals surface area contributed by atoms with Crippen LogP contribution in [0.5, 0.6) is 0 Å². The Kier molecular flexibility index (Phi) is 10.7. The molecule has 0 radical (unpaired) electrons. The number of alkyl halides is 6. The second-order valence-electron chi connectivity index (χ2n) is 9.38. The van der Waals surface area contributed by atoms with E-state index < -0.39 is 35.4 Å². The van der Waals surface area contributed by atoms with Gasteiger partial charge in [-0.3, -0.25) is 0 Å². The summed E-state index contributed by atoms with van der Waals surface area (Å²) in [5.74, 6) is -1.46. The van der Waals surface area contributed by atoms with Crippen molar-refractivity contribution in [3.05, 3.63) is 119 Å². The third-order valence-electron chi connectivity index (χ3n) is 6.15. The Morgan fingerprint density at radius 1 is 0.533 bits per heavy atom. The zero-order chi connectivity index (χ0) is 32.5. The van der Waals surface area contributed by atoms with E-state index in [0.29, 0.717) is 0 Å². The summed E-state index contributed by atoms with van der Waals surface area (Å²) in [7, 11) is 0. The molecule has 0 unspecified atom stereocenters. The first-order chi connectivity index (χ1) is 21.4. The van der Waals surface area contributed by atoms with E-state index in [4.69, 9.17) is 14.2 Å². The number of hydrogen-bond donors (Lipinski definition) is 2. The zero-order valence-corrected chi connectivity index (χ0v) is 23.4. The Labute approximate surface area is 253 Å². The topological polar surface area (TPSA) is 85.9 Å². The molecule has 4 aromatic rings. The molecule has 236 valence electrons. The predicted molar refractivity (Wildman–Crippen MR) is 154 cm³/mol. The molecule has 0 aliphatic rings. The van der Waals surface area contributed by atoms with Crippen molar-refractivity contribution in [2.75, 3.05) is 37.1 Å². The summed E-state index contributed by atoms with van der Waals surface area (Å²) in [5.41, 5.74) is -0.718. The Morgan fingerprint density at radius 3 is 1.33 bits per heavy atom. The lowest BCUT2D eigenvalue weighted by atomic mass is 10.1. The van der Waals surface area contributed by atoms with Gasteiger partial charge in [0.25, 0.3) is 0 Å². The highest BCUT2D eigenvalue weighted by Crippen LogP contribution is 2.33. The van der Waals surface area contributed by atoms with E-state index in [-0.39, 0.29) is 60.3 Å². The Hall–Kier alpha value is -5.04. The van der Waals surface area contributed by atoms with E-state index in [0.717, 1.165) is 24.3 Å². The van der Waals surface area contributed by atoms with Gasteiger partial charge in [-0.1, -0.05) is 36.4 Å². The maximum atomic E-state index is 13.0. The second-order valence-corrected chi connectivity index (χ2v) is 9.38. The van der Waals surface area contributed by atoms with Crippen LogP contribution >= 0.6 is 0 Å². The van der Waals surface area contributed by atoms with Gasteiger partial charge in [-0.15, -0.1) is 0 Å². The number of esters is 2. The van der Waals surface area contributed by atoms with Crippen molar-refractivity contribution in [1.82, 2.24) is 0 Å². The average Bonchev–Trinajstić information content (AvgIpc) is 3.00. The Balaban J connectivity index is 1.22. The third kappa shape index (κ3) is 9.47. The average molecular weight is 633 g/mol. The van der Waals surface area contributed by atoms with Gasteiger partial charge in [0, 0.05) is 11.4 Å². The number of ether oxygens (including phenoxy) is 3. The zero-order valence-electron chi connectivity index (χ0n) is 23.4. The molecule has 0 aliphatic carbocycles. The number of hydrogen-bond acceptors (Lipinski definition) is 7. The predicted octanol–water partition coefficient (Wildman–Crippen LogP) is 8.24. The smallest absolute Gasteiger partial charge is 0.416 e. The maximum absolute atomic E-state index is 13.0. The van der Waals surface area contributed by atoms with Crippen LogP contribution in [0.1, 0.15) is 31.8 Å². The number of para-hydroxylation sites is 2. The lowest BCUT2D eigenvalue weighted by Gasteiger charge is -2.14. The Bertz CT molecular complexity index is 1510. The lowest BCUT2D eigenvalue weighted by Crippen LogP contribution is -2.16. The summed E-state index contributed by atoms with van der Waals surface area (Å²) in [6.07, 6.45) is -9.04. The van der Waals surface area contributed by atoms with Crippen molar-refractivity contribution in [2.45, 2.75) is 12.4 Å². The number of carbonyl (C=O) groups excluding carboxylic acids is 2. The highest BCUT2D eigenvalue weighted by atomic mass is 19.4. The highest BCUT2D eigenvalue weighted by Gasteiger charge is 2.31. The largest absolute Gasteiger partial charge is 0.460 e. The van der Waals surface area contributed by atoms with Crippen LogP contribution in [0.2, 0.25) is 0 Å². The molecule has 0 atom stereocenters. The molecule has 13 heteroatoms. The second kappa shape index (κ2) is 14.6. The molecule has 0 aliphatic heterocycles. The van der Waals surface area contributed by atoms with Gasteiger partial charge in [-0.2, -0.15) is 26.3 Å². The molecule has 0 amide bonds. The molecular formula is C32H26F6N2O5. The first-order valence-corrected chi connectivity index (χ1v) is 13.4. The van der Waals surface area contributed by atoms with Crippen LogP contribution in [0.15, 0.2) is 97.1 Å². The van der Waals surface area contributed by atoms with Gasteiger partial charge in [0.1, 0.15) is 13.2 Å². The fraction of sp³-hybridized carbons (Fsp3) is 0.188. The van der Waals surface area contributed by atoms with Crippen molar-refractivity contribution in [2.24, 2.45) is 0 Å². The van der Waals surface area contributed by atoms with Crippen LogP contribution < -0.4 is 10.6 Å². The first-order valence-electron chi connectivity index (χ1n) is 13.4. The molecule has 0 heterocycles. The third-order valence-corrected chi connectivity index (χ3v) is 6.15. The molecule has 0 fully saturated rings. The number of halogens is 6. The molecule has 4 rings (SSSR count). The van der Waals surface area contributed by atoms with Crippen LogP contribution in [0.3, 0.4) is 0 Å². The maximum Gasteiger partial charge on any atom is 0.416 e. The van der Waals surface area contributed by atoms with Crippen LogP contribution in [0.25, 0.3) is 0 Å². The first kappa shape index (κ1) is 32.9. The van der Waals surface area contributed by atoms with Crippen LogP contribution in [-0.2, 0) is 26.6 Å². The van der Waals surface area contributed by atoms with E-state index >= 15 is 0 Å². The minimum atomic E-state index is -4.52. The molecule has 2 N–H and O–H groups in total. The van der Waals surface area contributed by atoms with Crippen molar-refractivity contribution >= 4 is 34.7 Å². The van der Waals surface area contributed by atoms with Crippen LogP contribution in [0.4, 0.5) is 49.1 Å². The van der Waals surface area contributed by atoms with Gasteiger partial charge >= 0.3 is 24.3 Å². The number of rotatable bonds is 12. The summed E-state index contributed by atoms with van der Waals surface area (Å²) in [6.45, 7) is -0.400. The molecule has 0 spiro atoms. The van der Waals surface area contributed by atoms with Crippen molar-refractivity contribution in [1.29, 1.82) is 0 Å². The number of anilines is 4. The fourth-order valence-corrected chi connectivity index (χ4v) is 4.04. The molecule has 4 aromatic carbocycles. The van der Waals surface area contributed by atoms with E-state index in [2.05, 4.69) is 10.6 Å². The quantitative estimate of drug-likeness (QED) is 0.0925. The number of benzene rings is 4. The van der Waals surface area contributed by atoms with Crippen molar-refractivity contribution < 1.29 is 50.1 Å². The van der Waals surface area contributed by atoms with E-state index in [9.17, 15) is 35.9 Å². The van der Waals surface area contributed by atoms with Crippen molar-refractivity contribution in [3.63, 3.8) is 0 Å². The van der Waals surface area contributed by atoms with Gasteiger partial charge in [-0.05, 0) is 60.7 Å². The molecule has 0 saturated heterocycles. The van der Waals surface area contributed by atoms with Gasteiger partial charge in [0.15, 0.2) is 0 Å². The molecule has 0 bridgehead atoms. The van der Waals surface area contributed by atoms with Gasteiger partial charge in [-0.25, -0.2) is 9.59 Å². The molecule has 45 heavy (non-hydrogen) atoms. The number of nitrogens with one attached hydrogen (secondary N) is 2. The van der Waals surface area contributed by atoms with Gasteiger partial charge < -0.3 is 24.8 Å². The molecule has 7 nitrogen and oxygen atoms in total. The van der Waals surface area contributed by atoms with E-state index in [1.54, 1.807) is 24.3 Å². The Morgan fingerprint density at radius 2 is 0.933 bits per heavy atom. The summed E-state index contributed by atoms with van der Waals surface area (Å²) >= 11 is 0. The normalized spacial score (nSPS) is 11.5. The fourth-order valence-electron chi connectivity index (χ4n) is 4.04. The SMILES string of the molecule is O=C(OCCOCCOC(=O)c1ccccc1Nc1cccc(C(F)(F)F)c1)c1ccccc1Nc1cccc(C(F)(F)F)c1.